The number of amidine groups is 1. The first-order valence-electron chi connectivity index (χ1n) is 11.1. The summed E-state index contributed by atoms with van der Waals surface area (Å²) in [4.78, 5) is 49.5. The van der Waals surface area contributed by atoms with E-state index >= 15 is 0 Å². The van der Waals surface area contributed by atoms with Crippen molar-refractivity contribution in [3.05, 3.63) is 66.5 Å². The maximum atomic E-state index is 12.9. The van der Waals surface area contributed by atoms with Crippen LogP contribution in [0.5, 0.6) is 0 Å². The summed E-state index contributed by atoms with van der Waals surface area (Å²) in [5.41, 5.74) is 7.45. The minimum Gasteiger partial charge on any atom is -0.388 e. The number of nitrogens with zero attached hydrogens (tertiary/aromatic N) is 3. The van der Waals surface area contributed by atoms with Crippen LogP contribution in [0, 0.1) is 5.41 Å². The van der Waals surface area contributed by atoms with Gasteiger partial charge in [-0.05, 0) is 24.3 Å². The van der Waals surface area contributed by atoms with E-state index in [1.54, 1.807) is 53.4 Å². The summed E-state index contributed by atoms with van der Waals surface area (Å²) < 4.78 is 4.69. The van der Waals surface area contributed by atoms with E-state index in [1.165, 1.54) is 18.2 Å². The zero-order valence-electron chi connectivity index (χ0n) is 20.7. The number of hydrogen-bond acceptors (Lipinski definition) is 5. The molecule has 3 aromatic heterocycles. The van der Waals surface area contributed by atoms with Crippen molar-refractivity contribution < 1.29 is 19.2 Å². The van der Waals surface area contributed by atoms with E-state index in [9.17, 15) is 19.2 Å². The number of anilines is 3. The number of rotatable bonds is 10. The summed E-state index contributed by atoms with van der Waals surface area (Å²) in [6.45, 7) is 3.62. The Kier molecular flexibility index (Phi) is 7.97. The van der Waals surface area contributed by atoms with E-state index in [2.05, 4.69) is 27.8 Å². The predicted octanol–water partition coefficient (Wildman–Crippen LogP) is 1.39. The van der Waals surface area contributed by atoms with Crippen molar-refractivity contribution in [2.75, 3.05) is 22.5 Å². The summed E-state index contributed by atoms with van der Waals surface area (Å²) in [5, 5.41) is 18.0. The van der Waals surface area contributed by atoms with Gasteiger partial charge in [0.1, 0.15) is 17.1 Å². The molecule has 4 amide bonds. The highest BCUT2D eigenvalue weighted by molar-refractivity contribution is 6.08. The van der Waals surface area contributed by atoms with Crippen LogP contribution < -0.4 is 27.0 Å². The van der Waals surface area contributed by atoms with E-state index in [0.717, 1.165) is 6.08 Å². The first-order valence-corrected chi connectivity index (χ1v) is 11.1. The molecule has 0 unspecified atom stereocenters. The summed E-state index contributed by atoms with van der Waals surface area (Å²) in [6, 6.07) is 4.58. The Hall–Kier alpha value is -5.07. The molecule has 3 rings (SSSR count). The van der Waals surface area contributed by atoms with Gasteiger partial charge in [-0.25, -0.2) is 0 Å². The number of amides is 4. The molecule has 0 aliphatic carbocycles. The minimum atomic E-state index is -0.439. The SMILES string of the molecule is C=CC(=O)Nc1cc(C(=O)Nc2cc(C(=O)Nc3cc(C(=O)NCCC(=N)N)n(C)c3)n(C)c2)n(C)c1. The van der Waals surface area contributed by atoms with Crippen LogP contribution in [-0.2, 0) is 25.9 Å². The van der Waals surface area contributed by atoms with E-state index in [4.69, 9.17) is 11.1 Å². The van der Waals surface area contributed by atoms with Crippen LogP contribution in [0.15, 0.2) is 49.4 Å². The number of carbonyl (C=O) groups excluding carboxylic acids is 4. The maximum absolute atomic E-state index is 12.9. The third-order valence-electron chi connectivity index (χ3n) is 5.36. The number of aromatic nitrogens is 3. The van der Waals surface area contributed by atoms with Gasteiger partial charge in [-0.1, -0.05) is 6.58 Å². The average molecular weight is 508 g/mol. The molecule has 0 saturated carbocycles. The summed E-state index contributed by atoms with van der Waals surface area (Å²) in [7, 11) is 5.00. The fourth-order valence-electron chi connectivity index (χ4n) is 3.56. The number of hydrogen-bond donors (Lipinski definition) is 6. The van der Waals surface area contributed by atoms with E-state index in [-0.39, 0.29) is 30.4 Å². The molecule has 0 aliphatic rings. The Labute approximate surface area is 212 Å². The number of aryl methyl sites for hydroxylation is 3. The van der Waals surface area contributed by atoms with Crippen molar-refractivity contribution in [3.8, 4) is 0 Å². The molecule has 0 spiro atoms. The molecule has 0 aliphatic heterocycles. The second kappa shape index (κ2) is 11.1. The number of nitrogens with two attached hydrogens (primary N) is 1. The molecule has 7 N–H and O–H groups in total. The fourth-order valence-corrected chi connectivity index (χ4v) is 3.56. The Morgan fingerprint density at radius 1 is 0.811 bits per heavy atom. The third kappa shape index (κ3) is 6.54. The normalized spacial score (nSPS) is 10.5. The van der Waals surface area contributed by atoms with Crippen molar-refractivity contribution in [2.45, 2.75) is 6.42 Å². The highest BCUT2D eigenvalue weighted by atomic mass is 16.2. The molecule has 13 heteroatoms. The molecule has 3 heterocycles. The van der Waals surface area contributed by atoms with Crippen molar-refractivity contribution >= 4 is 46.5 Å². The van der Waals surface area contributed by atoms with E-state index < -0.39 is 17.7 Å². The van der Waals surface area contributed by atoms with Crippen LogP contribution in [0.3, 0.4) is 0 Å². The van der Waals surface area contributed by atoms with Crippen LogP contribution in [0.1, 0.15) is 37.9 Å². The Balaban J connectivity index is 1.66. The average Bonchev–Trinajstić information content (AvgIpc) is 3.49. The first-order chi connectivity index (χ1) is 17.5. The number of carbonyl (C=O) groups is 4. The second-order valence-corrected chi connectivity index (χ2v) is 8.31. The minimum absolute atomic E-state index is 0.0244. The third-order valence-corrected chi connectivity index (χ3v) is 5.36. The number of nitrogens with one attached hydrogen (secondary N) is 5. The lowest BCUT2D eigenvalue weighted by molar-refractivity contribution is -0.111. The molecule has 13 nitrogen and oxygen atoms in total. The van der Waals surface area contributed by atoms with Crippen LogP contribution in [0.4, 0.5) is 17.1 Å². The quantitative estimate of drug-likeness (QED) is 0.137. The first kappa shape index (κ1) is 26.5. The lowest BCUT2D eigenvalue weighted by atomic mass is 10.3. The molecule has 37 heavy (non-hydrogen) atoms. The largest absolute Gasteiger partial charge is 0.388 e. The van der Waals surface area contributed by atoms with Gasteiger partial charge in [0.25, 0.3) is 17.7 Å². The summed E-state index contributed by atoms with van der Waals surface area (Å²) in [5.74, 6) is -1.65. The van der Waals surface area contributed by atoms with Gasteiger partial charge in [0, 0.05) is 52.7 Å². The van der Waals surface area contributed by atoms with Gasteiger partial charge in [0.05, 0.1) is 22.9 Å². The molecule has 0 fully saturated rings. The van der Waals surface area contributed by atoms with Crippen molar-refractivity contribution in [3.63, 3.8) is 0 Å². The van der Waals surface area contributed by atoms with Crippen LogP contribution in [-0.4, -0.2) is 49.7 Å². The monoisotopic (exact) mass is 507 g/mol. The van der Waals surface area contributed by atoms with Gasteiger partial charge >= 0.3 is 0 Å². The smallest absolute Gasteiger partial charge is 0.272 e. The van der Waals surface area contributed by atoms with E-state index in [1.807, 2.05) is 0 Å². The van der Waals surface area contributed by atoms with Gasteiger partial charge in [0.15, 0.2) is 0 Å². The van der Waals surface area contributed by atoms with Crippen LogP contribution >= 0.6 is 0 Å². The standard InChI is InChI=1S/C24H29N9O4/c1-5-21(34)28-14-8-18(32(3)11-14)23(36)30-16-10-19(33(4)13-16)24(37)29-15-9-17(31(2)12-15)22(35)27-7-6-20(25)26/h5,8-13H,1,6-7H2,2-4H3,(H3,25,26)(H,27,35)(H,28,34)(H,29,37)(H,30,36). The highest BCUT2D eigenvalue weighted by Gasteiger charge is 2.18. The van der Waals surface area contributed by atoms with Gasteiger partial charge in [-0.3, -0.25) is 24.6 Å². The van der Waals surface area contributed by atoms with E-state index in [0.29, 0.717) is 28.5 Å². The molecule has 0 radical (unpaired) electrons. The molecule has 0 saturated heterocycles. The van der Waals surface area contributed by atoms with Gasteiger partial charge in [-0.15, -0.1) is 0 Å². The lowest BCUT2D eigenvalue weighted by Crippen LogP contribution is -2.28. The van der Waals surface area contributed by atoms with Crippen molar-refractivity contribution in [2.24, 2.45) is 26.9 Å². The van der Waals surface area contributed by atoms with Crippen LogP contribution in [0.2, 0.25) is 0 Å². The van der Waals surface area contributed by atoms with Crippen molar-refractivity contribution in [1.29, 1.82) is 5.41 Å². The summed E-state index contributed by atoms with van der Waals surface area (Å²) >= 11 is 0. The molecule has 0 aromatic carbocycles. The fraction of sp³-hybridized carbons (Fsp3) is 0.208. The van der Waals surface area contributed by atoms with Gasteiger partial charge in [0.2, 0.25) is 5.91 Å². The lowest BCUT2D eigenvalue weighted by Gasteiger charge is -2.04. The highest BCUT2D eigenvalue weighted by Crippen LogP contribution is 2.19. The van der Waals surface area contributed by atoms with Crippen molar-refractivity contribution in [1.82, 2.24) is 19.0 Å². The van der Waals surface area contributed by atoms with Crippen LogP contribution in [0.25, 0.3) is 0 Å². The second-order valence-electron chi connectivity index (χ2n) is 8.31. The topological polar surface area (TPSA) is 181 Å². The van der Waals surface area contributed by atoms with Gasteiger partial charge in [-0.2, -0.15) is 0 Å². The Morgan fingerprint density at radius 3 is 1.62 bits per heavy atom. The Bertz CT molecular complexity index is 1390. The predicted molar refractivity (Wildman–Crippen MR) is 140 cm³/mol. The zero-order valence-corrected chi connectivity index (χ0v) is 20.7. The maximum Gasteiger partial charge on any atom is 0.272 e. The molecule has 0 atom stereocenters. The summed E-state index contributed by atoms with van der Waals surface area (Å²) in [6.07, 6.45) is 6.16. The zero-order chi connectivity index (χ0) is 27.3. The molecule has 3 aromatic rings. The van der Waals surface area contributed by atoms with Gasteiger partial charge < -0.3 is 40.7 Å². The molecule has 0 bridgehead atoms. The molecule has 194 valence electrons. The Morgan fingerprint density at radius 2 is 1.22 bits per heavy atom. The molecular formula is C24H29N9O4. The molecular weight excluding hydrogens is 478 g/mol.